The highest BCUT2D eigenvalue weighted by molar-refractivity contribution is 7.94. The van der Waals surface area contributed by atoms with Crippen LogP contribution in [0, 0.1) is 0 Å². The molecule has 0 aliphatic heterocycles. The lowest BCUT2D eigenvalue weighted by Crippen LogP contribution is -2.11. The van der Waals surface area contributed by atoms with E-state index in [1.165, 1.54) is 5.41 Å². The first-order valence-electron chi connectivity index (χ1n) is 4.52. The summed E-state index contributed by atoms with van der Waals surface area (Å²) in [7, 11) is 0.865. The van der Waals surface area contributed by atoms with Gasteiger partial charge in [0.2, 0.25) is 0 Å². The van der Waals surface area contributed by atoms with Crippen molar-refractivity contribution in [3.8, 4) is 0 Å². The zero-order valence-electron chi connectivity index (χ0n) is 8.66. The minimum Gasteiger partial charge on any atom is -0.306 e. The summed E-state index contributed by atoms with van der Waals surface area (Å²) in [5.41, 5.74) is 0. The summed E-state index contributed by atoms with van der Waals surface area (Å²) in [6.07, 6.45) is 3.35. The van der Waals surface area contributed by atoms with Crippen molar-refractivity contribution in [2.75, 3.05) is 26.4 Å². The summed E-state index contributed by atoms with van der Waals surface area (Å²) in [5, 5.41) is 1.32. The number of hydrogen-bond donors (Lipinski definition) is 0. The molecule has 0 aliphatic rings. The second kappa shape index (κ2) is 6.16. The molecule has 0 saturated carbocycles. The van der Waals surface area contributed by atoms with Gasteiger partial charge in [-0.1, -0.05) is 19.4 Å². The van der Waals surface area contributed by atoms with E-state index < -0.39 is 9.84 Å². The van der Waals surface area contributed by atoms with Crippen molar-refractivity contribution in [3.63, 3.8) is 0 Å². The molecule has 0 radical (unpaired) electrons. The van der Waals surface area contributed by atoms with Gasteiger partial charge < -0.3 is 4.90 Å². The predicted octanol–water partition coefficient (Wildman–Crippen LogP) is 1.28. The number of unbranched alkanes of at least 4 members (excludes halogenated alkanes) is 1. The van der Waals surface area contributed by atoms with Crippen molar-refractivity contribution in [3.05, 3.63) is 11.5 Å². The number of rotatable bonds is 6. The third-order valence-electron chi connectivity index (χ3n) is 1.56. The quantitative estimate of drug-likeness (QED) is 0.655. The summed E-state index contributed by atoms with van der Waals surface area (Å²) in [4.78, 5) is 1.92. The summed E-state index contributed by atoms with van der Waals surface area (Å²) >= 11 is 0. The number of hydrogen-bond acceptors (Lipinski definition) is 3. The highest BCUT2D eigenvalue weighted by Gasteiger charge is 2.03. The van der Waals surface area contributed by atoms with E-state index >= 15 is 0 Å². The Bertz CT molecular complexity index is 242. The second-order valence-corrected chi connectivity index (χ2v) is 5.36. The molecule has 0 unspecified atom stereocenters. The molecule has 0 saturated heterocycles. The summed E-state index contributed by atoms with van der Waals surface area (Å²) in [6, 6.07) is 0. The van der Waals surface area contributed by atoms with Crippen molar-refractivity contribution in [1.82, 2.24) is 4.90 Å². The van der Waals surface area contributed by atoms with Gasteiger partial charge in [0.05, 0.1) is 5.75 Å². The Morgan fingerprint density at radius 2 is 1.92 bits per heavy atom. The zero-order chi connectivity index (χ0) is 10.3. The molecule has 78 valence electrons. The summed E-state index contributed by atoms with van der Waals surface area (Å²) < 4.78 is 22.5. The first-order valence-corrected chi connectivity index (χ1v) is 6.23. The van der Waals surface area contributed by atoms with Crippen LogP contribution in [-0.4, -0.2) is 39.7 Å². The lowest BCUT2D eigenvalue weighted by molar-refractivity contribution is 0.456. The highest BCUT2D eigenvalue weighted by Crippen LogP contribution is 1.98. The maximum Gasteiger partial charge on any atom is 0.171 e. The van der Waals surface area contributed by atoms with E-state index in [9.17, 15) is 8.42 Å². The van der Waals surface area contributed by atoms with E-state index in [1.54, 1.807) is 6.08 Å². The van der Waals surface area contributed by atoms with E-state index in [0.29, 0.717) is 6.54 Å². The van der Waals surface area contributed by atoms with Gasteiger partial charge in [-0.25, -0.2) is 8.42 Å². The lowest BCUT2D eigenvalue weighted by Gasteiger charge is -2.03. The molecule has 13 heavy (non-hydrogen) atoms. The van der Waals surface area contributed by atoms with Crippen LogP contribution in [0.15, 0.2) is 11.5 Å². The first kappa shape index (κ1) is 12.7. The first-order chi connectivity index (χ1) is 5.98. The normalized spacial score (nSPS) is 12.9. The minimum absolute atomic E-state index is 0.271. The van der Waals surface area contributed by atoms with Crippen molar-refractivity contribution < 1.29 is 8.42 Å². The molecule has 0 spiro atoms. The molecule has 0 aromatic heterocycles. The van der Waals surface area contributed by atoms with Crippen molar-refractivity contribution >= 4 is 9.84 Å². The van der Waals surface area contributed by atoms with Crippen LogP contribution in [-0.2, 0) is 9.84 Å². The Morgan fingerprint density at radius 1 is 1.31 bits per heavy atom. The van der Waals surface area contributed by atoms with Gasteiger partial charge in [-0.15, -0.1) is 0 Å². The third kappa shape index (κ3) is 7.99. The standard InChI is InChI=1S/C9H19NO2S/c1-4-5-8-13(11,12)9-6-7-10(2)3/h6,9H,4-5,7-8H2,1-3H3/b9-6-. The molecule has 0 N–H and O–H groups in total. The Balaban J connectivity index is 3.95. The molecule has 0 aromatic rings. The lowest BCUT2D eigenvalue weighted by atomic mass is 10.4. The smallest absolute Gasteiger partial charge is 0.171 e. The van der Waals surface area contributed by atoms with Crippen LogP contribution in [0.3, 0.4) is 0 Å². The van der Waals surface area contributed by atoms with Crippen LogP contribution in [0.5, 0.6) is 0 Å². The molecular weight excluding hydrogens is 186 g/mol. The van der Waals surface area contributed by atoms with Crippen LogP contribution < -0.4 is 0 Å². The maximum atomic E-state index is 11.3. The van der Waals surface area contributed by atoms with Gasteiger partial charge in [0.1, 0.15) is 0 Å². The van der Waals surface area contributed by atoms with Crippen LogP contribution >= 0.6 is 0 Å². The average molecular weight is 205 g/mol. The molecule has 0 aliphatic carbocycles. The molecule has 0 atom stereocenters. The van der Waals surface area contributed by atoms with Crippen LogP contribution in [0.1, 0.15) is 19.8 Å². The van der Waals surface area contributed by atoms with E-state index in [4.69, 9.17) is 0 Å². The van der Waals surface area contributed by atoms with Gasteiger partial charge in [-0.3, -0.25) is 0 Å². The Hall–Kier alpha value is -0.350. The van der Waals surface area contributed by atoms with Gasteiger partial charge >= 0.3 is 0 Å². The Kier molecular flexibility index (Phi) is 5.99. The molecular formula is C9H19NO2S. The molecule has 4 heteroatoms. The number of nitrogens with zero attached hydrogens (tertiary/aromatic N) is 1. The number of likely N-dealkylation sites (N-methyl/N-ethyl adjacent to an activating group) is 1. The minimum atomic E-state index is -2.95. The Labute approximate surface area is 81.4 Å². The van der Waals surface area contributed by atoms with E-state index in [2.05, 4.69) is 0 Å². The monoisotopic (exact) mass is 205 g/mol. The second-order valence-electron chi connectivity index (χ2n) is 3.35. The van der Waals surface area contributed by atoms with Gasteiger partial charge in [0.15, 0.2) is 9.84 Å². The van der Waals surface area contributed by atoms with Crippen molar-refractivity contribution in [2.24, 2.45) is 0 Å². The largest absolute Gasteiger partial charge is 0.306 e. The number of sulfone groups is 1. The van der Waals surface area contributed by atoms with Gasteiger partial charge in [0.25, 0.3) is 0 Å². The Morgan fingerprint density at radius 3 is 2.38 bits per heavy atom. The van der Waals surface area contributed by atoms with Crippen LogP contribution in [0.25, 0.3) is 0 Å². The highest BCUT2D eigenvalue weighted by atomic mass is 32.2. The van der Waals surface area contributed by atoms with Crippen molar-refractivity contribution in [2.45, 2.75) is 19.8 Å². The van der Waals surface area contributed by atoms with Crippen LogP contribution in [0.2, 0.25) is 0 Å². The van der Waals surface area contributed by atoms with Crippen LogP contribution in [0.4, 0.5) is 0 Å². The van der Waals surface area contributed by atoms with Gasteiger partial charge in [0, 0.05) is 12.0 Å². The fourth-order valence-corrected chi connectivity index (χ4v) is 2.02. The molecule has 3 nitrogen and oxygen atoms in total. The van der Waals surface area contributed by atoms with Gasteiger partial charge in [-0.2, -0.15) is 0 Å². The van der Waals surface area contributed by atoms with E-state index in [-0.39, 0.29) is 5.75 Å². The summed E-state index contributed by atoms with van der Waals surface area (Å²) in [5.74, 6) is 0.271. The fraction of sp³-hybridized carbons (Fsp3) is 0.778. The molecule has 0 aromatic carbocycles. The SMILES string of the molecule is CCCCS(=O)(=O)/C=C\CN(C)C. The zero-order valence-corrected chi connectivity index (χ0v) is 9.47. The van der Waals surface area contributed by atoms with Gasteiger partial charge in [-0.05, 0) is 20.5 Å². The predicted molar refractivity (Wildman–Crippen MR) is 56.4 cm³/mol. The average Bonchev–Trinajstić information content (AvgIpc) is 2.00. The topological polar surface area (TPSA) is 37.4 Å². The molecule has 0 heterocycles. The van der Waals surface area contributed by atoms with Crippen molar-refractivity contribution in [1.29, 1.82) is 0 Å². The summed E-state index contributed by atoms with van der Waals surface area (Å²) in [6.45, 7) is 2.66. The maximum absolute atomic E-state index is 11.3. The fourth-order valence-electron chi connectivity index (χ4n) is 0.814. The molecule has 0 amide bonds. The molecule has 0 fully saturated rings. The molecule has 0 bridgehead atoms. The van der Waals surface area contributed by atoms with E-state index in [1.807, 2.05) is 25.9 Å². The third-order valence-corrected chi connectivity index (χ3v) is 3.02. The van der Waals surface area contributed by atoms with E-state index in [0.717, 1.165) is 12.8 Å². The molecule has 0 rings (SSSR count).